The molecule has 2 aromatic heterocycles. The molecule has 0 spiro atoms. The standard InChI is InChI=1S/C12H8ClN5O2/c13-11-5-10(20-17-11)12(19)16-8-2-1-3-9(4-8)18-6-14-15-7-18/h1-7H,(H,16,19). The zero-order valence-corrected chi connectivity index (χ0v) is 10.8. The van der Waals surface area contributed by atoms with Crippen LogP contribution < -0.4 is 5.32 Å². The zero-order valence-electron chi connectivity index (χ0n) is 10.0. The summed E-state index contributed by atoms with van der Waals surface area (Å²) in [6, 6.07) is 8.55. The Morgan fingerprint density at radius 3 is 2.75 bits per heavy atom. The fourth-order valence-electron chi connectivity index (χ4n) is 1.63. The summed E-state index contributed by atoms with van der Waals surface area (Å²) >= 11 is 5.60. The van der Waals surface area contributed by atoms with Gasteiger partial charge in [0, 0.05) is 11.8 Å². The van der Waals surface area contributed by atoms with Crippen LogP contribution in [-0.4, -0.2) is 25.8 Å². The van der Waals surface area contributed by atoms with Crippen molar-refractivity contribution in [2.75, 3.05) is 5.32 Å². The van der Waals surface area contributed by atoms with E-state index in [0.717, 1.165) is 5.69 Å². The first-order valence-electron chi connectivity index (χ1n) is 5.61. The van der Waals surface area contributed by atoms with E-state index in [9.17, 15) is 4.79 Å². The highest BCUT2D eigenvalue weighted by Crippen LogP contribution is 2.16. The van der Waals surface area contributed by atoms with Gasteiger partial charge in [0.25, 0.3) is 5.91 Å². The van der Waals surface area contributed by atoms with Crippen LogP contribution in [0.4, 0.5) is 5.69 Å². The Morgan fingerprint density at radius 1 is 1.25 bits per heavy atom. The van der Waals surface area contributed by atoms with Gasteiger partial charge in [0.2, 0.25) is 5.76 Å². The van der Waals surface area contributed by atoms with Gasteiger partial charge in [0.1, 0.15) is 12.7 Å². The summed E-state index contributed by atoms with van der Waals surface area (Å²) in [5.74, 6) is -0.380. The lowest BCUT2D eigenvalue weighted by Gasteiger charge is -2.06. The maximum absolute atomic E-state index is 11.9. The molecule has 3 rings (SSSR count). The Bertz CT molecular complexity index is 738. The van der Waals surface area contributed by atoms with E-state index < -0.39 is 5.91 Å². The highest BCUT2D eigenvalue weighted by atomic mass is 35.5. The molecule has 0 saturated heterocycles. The van der Waals surface area contributed by atoms with Gasteiger partial charge >= 0.3 is 0 Å². The average Bonchev–Trinajstić information content (AvgIpc) is 3.10. The minimum absolute atomic E-state index is 0.0460. The number of aromatic nitrogens is 4. The topological polar surface area (TPSA) is 85.8 Å². The molecule has 0 bridgehead atoms. The molecule has 1 aromatic carbocycles. The van der Waals surface area contributed by atoms with E-state index in [-0.39, 0.29) is 10.9 Å². The number of hydrogen-bond acceptors (Lipinski definition) is 5. The van der Waals surface area contributed by atoms with Crippen molar-refractivity contribution in [3.8, 4) is 5.69 Å². The van der Waals surface area contributed by atoms with E-state index in [1.54, 1.807) is 35.4 Å². The number of hydrogen-bond donors (Lipinski definition) is 1. The lowest BCUT2D eigenvalue weighted by Crippen LogP contribution is -2.11. The van der Waals surface area contributed by atoms with Gasteiger partial charge in [-0.1, -0.05) is 22.8 Å². The van der Waals surface area contributed by atoms with E-state index >= 15 is 0 Å². The Kier molecular flexibility index (Phi) is 3.18. The lowest BCUT2D eigenvalue weighted by atomic mass is 10.2. The number of nitrogens with one attached hydrogen (secondary N) is 1. The van der Waals surface area contributed by atoms with Gasteiger partial charge in [-0.3, -0.25) is 9.36 Å². The van der Waals surface area contributed by atoms with Crippen LogP contribution in [0.15, 0.2) is 47.5 Å². The third-order valence-electron chi connectivity index (χ3n) is 2.53. The molecule has 100 valence electrons. The van der Waals surface area contributed by atoms with Crippen LogP contribution in [0, 0.1) is 0 Å². The molecule has 2 heterocycles. The second kappa shape index (κ2) is 5.14. The molecule has 0 aliphatic carbocycles. The van der Waals surface area contributed by atoms with Crippen LogP contribution in [0.3, 0.4) is 0 Å². The van der Waals surface area contributed by atoms with Crippen molar-refractivity contribution >= 4 is 23.2 Å². The summed E-state index contributed by atoms with van der Waals surface area (Å²) < 4.78 is 6.50. The van der Waals surface area contributed by atoms with Crippen molar-refractivity contribution in [1.82, 2.24) is 19.9 Å². The number of amides is 1. The van der Waals surface area contributed by atoms with Crippen LogP contribution in [0.1, 0.15) is 10.6 Å². The summed E-state index contributed by atoms with van der Waals surface area (Å²) in [5, 5.41) is 13.7. The smallest absolute Gasteiger partial charge is 0.294 e. The molecular weight excluding hydrogens is 282 g/mol. The molecule has 0 aliphatic heterocycles. The molecule has 0 unspecified atom stereocenters. The van der Waals surface area contributed by atoms with Crippen LogP contribution in [0.5, 0.6) is 0 Å². The third-order valence-corrected chi connectivity index (χ3v) is 2.70. The maximum atomic E-state index is 11.9. The quantitative estimate of drug-likeness (QED) is 0.798. The van der Waals surface area contributed by atoms with E-state index in [2.05, 4.69) is 20.7 Å². The molecule has 8 heteroatoms. The summed E-state index contributed by atoms with van der Waals surface area (Å²) in [6.45, 7) is 0. The first kappa shape index (κ1) is 12.4. The molecule has 1 amide bonds. The van der Waals surface area contributed by atoms with E-state index in [4.69, 9.17) is 16.1 Å². The second-order valence-corrected chi connectivity index (χ2v) is 4.27. The summed E-state index contributed by atoms with van der Waals surface area (Å²) in [7, 11) is 0. The van der Waals surface area contributed by atoms with Gasteiger partial charge in [-0.25, -0.2) is 0 Å². The van der Waals surface area contributed by atoms with Crippen molar-refractivity contribution in [3.63, 3.8) is 0 Å². The first-order chi connectivity index (χ1) is 9.72. The predicted molar refractivity (Wildman–Crippen MR) is 70.8 cm³/mol. The molecule has 0 aliphatic rings. The average molecular weight is 290 g/mol. The van der Waals surface area contributed by atoms with Crippen LogP contribution >= 0.6 is 11.6 Å². The third kappa shape index (κ3) is 2.52. The number of carbonyl (C=O) groups excluding carboxylic acids is 1. The predicted octanol–water partition coefficient (Wildman–Crippen LogP) is 2.16. The Labute approximate surface area is 118 Å². The van der Waals surface area contributed by atoms with Gasteiger partial charge in [0.05, 0.1) is 5.69 Å². The molecular formula is C12H8ClN5O2. The molecule has 0 fully saturated rings. The summed E-state index contributed by atoms with van der Waals surface area (Å²) in [4.78, 5) is 11.9. The van der Waals surface area contributed by atoms with Gasteiger partial charge in [-0.15, -0.1) is 10.2 Å². The minimum atomic E-state index is -0.426. The number of rotatable bonds is 3. The normalized spacial score (nSPS) is 10.4. The summed E-state index contributed by atoms with van der Waals surface area (Å²) in [6.07, 6.45) is 3.13. The molecule has 0 saturated carbocycles. The molecule has 1 N–H and O–H groups in total. The van der Waals surface area contributed by atoms with Gasteiger partial charge < -0.3 is 9.84 Å². The summed E-state index contributed by atoms with van der Waals surface area (Å²) in [5.41, 5.74) is 1.43. The number of carbonyl (C=O) groups is 1. The van der Waals surface area contributed by atoms with Crippen LogP contribution in [0.25, 0.3) is 5.69 Å². The number of halogens is 1. The number of anilines is 1. The van der Waals surface area contributed by atoms with Crippen LogP contribution in [-0.2, 0) is 0 Å². The van der Waals surface area contributed by atoms with Crippen molar-refractivity contribution in [1.29, 1.82) is 0 Å². The highest BCUT2D eigenvalue weighted by molar-refractivity contribution is 6.29. The lowest BCUT2D eigenvalue weighted by molar-refractivity contribution is 0.0988. The van der Waals surface area contributed by atoms with E-state index in [0.29, 0.717) is 5.69 Å². The molecule has 7 nitrogen and oxygen atoms in total. The minimum Gasteiger partial charge on any atom is -0.349 e. The second-order valence-electron chi connectivity index (χ2n) is 3.89. The van der Waals surface area contributed by atoms with Crippen molar-refractivity contribution < 1.29 is 9.32 Å². The maximum Gasteiger partial charge on any atom is 0.294 e. The van der Waals surface area contributed by atoms with Crippen LogP contribution in [0.2, 0.25) is 5.15 Å². The fourth-order valence-corrected chi connectivity index (χ4v) is 1.77. The van der Waals surface area contributed by atoms with Gasteiger partial charge in [-0.2, -0.15) is 0 Å². The Morgan fingerprint density at radius 2 is 2.05 bits per heavy atom. The van der Waals surface area contributed by atoms with Gasteiger partial charge in [-0.05, 0) is 18.2 Å². The molecule has 0 radical (unpaired) electrons. The molecule has 0 atom stereocenters. The Balaban J connectivity index is 1.81. The van der Waals surface area contributed by atoms with Crippen molar-refractivity contribution in [2.45, 2.75) is 0 Å². The fraction of sp³-hybridized carbons (Fsp3) is 0. The van der Waals surface area contributed by atoms with Crippen molar-refractivity contribution in [3.05, 3.63) is 53.9 Å². The largest absolute Gasteiger partial charge is 0.349 e. The molecule has 20 heavy (non-hydrogen) atoms. The first-order valence-corrected chi connectivity index (χ1v) is 5.99. The van der Waals surface area contributed by atoms with Gasteiger partial charge in [0.15, 0.2) is 5.15 Å². The van der Waals surface area contributed by atoms with E-state index in [1.807, 2.05) is 6.07 Å². The monoisotopic (exact) mass is 289 g/mol. The zero-order chi connectivity index (χ0) is 13.9. The molecule has 3 aromatic rings. The SMILES string of the molecule is O=C(Nc1cccc(-n2cnnc2)c1)c1cc(Cl)no1. The highest BCUT2D eigenvalue weighted by Gasteiger charge is 2.12. The number of benzene rings is 1. The number of nitrogens with zero attached hydrogens (tertiary/aromatic N) is 4. The Hall–Kier alpha value is -2.67. The van der Waals surface area contributed by atoms with Crippen molar-refractivity contribution in [2.24, 2.45) is 0 Å². The van der Waals surface area contributed by atoms with E-state index in [1.165, 1.54) is 6.07 Å².